The van der Waals surface area contributed by atoms with Crippen LogP contribution in [0.15, 0.2) is 53.3 Å². The summed E-state index contributed by atoms with van der Waals surface area (Å²) in [4.78, 5) is 23.8. The molecular formula is C22H23N4OS+. The van der Waals surface area contributed by atoms with Crippen molar-refractivity contribution in [3.63, 3.8) is 0 Å². The van der Waals surface area contributed by atoms with Gasteiger partial charge in [0.15, 0.2) is 5.01 Å². The second kappa shape index (κ2) is 7.11. The molecular weight excluding hydrogens is 368 g/mol. The quantitative estimate of drug-likeness (QED) is 0.584. The molecule has 0 bridgehead atoms. The van der Waals surface area contributed by atoms with Gasteiger partial charge < -0.3 is 4.90 Å². The number of nitrogens with one attached hydrogen (secondary N) is 1. The second-order valence-electron chi connectivity index (χ2n) is 7.60. The molecule has 5 nitrogen and oxygen atoms in total. The Hall–Kier alpha value is -2.57. The Labute approximate surface area is 167 Å². The first kappa shape index (κ1) is 17.5. The SMILES string of the molecule is Cc1cccc2nc(C[NH+]3CCCC[C@H]3c3nc4ccccc4s3)cc(=O)n12. The van der Waals surface area contributed by atoms with Crippen LogP contribution in [0.2, 0.25) is 0 Å². The fraction of sp³-hybridized carbons (Fsp3) is 0.318. The minimum atomic E-state index is 0.00560. The number of para-hydroxylation sites is 1. The van der Waals surface area contributed by atoms with Crippen molar-refractivity contribution < 1.29 is 4.90 Å². The van der Waals surface area contributed by atoms with Crippen LogP contribution in [-0.2, 0) is 6.54 Å². The lowest BCUT2D eigenvalue weighted by atomic mass is 10.0. The highest BCUT2D eigenvalue weighted by Gasteiger charge is 2.31. The summed E-state index contributed by atoms with van der Waals surface area (Å²) in [6.07, 6.45) is 3.58. The van der Waals surface area contributed by atoms with Crippen molar-refractivity contribution in [2.24, 2.45) is 0 Å². The maximum atomic E-state index is 12.6. The van der Waals surface area contributed by atoms with Gasteiger partial charge in [-0.15, -0.1) is 11.3 Å². The van der Waals surface area contributed by atoms with Crippen molar-refractivity contribution >= 4 is 27.2 Å². The van der Waals surface area contributed by atoms with Crippen LogP contribution in [0.4, 0.5) is 0 Å². The van der Waals surface area contributed by atoms with Crippen molar-refractivity contribution in [1.29, 1.82) is 0 Å². The van der Waals surface area contributed by atoms with Crippen molar-refractivity contribution in [2.75, 3.05) is 6.54 Å². The molecule has 5 rings (SSSR count). The van der Waals surface area contributed by atoms with Gasteiger partial charge in [-0.05, 0) is 44.0 Å². The lowest BCUT2D eigenvalue weighted by Crippen LogP contribution is -3.11. The third-order valence-electron chi connectivity index (χ3n) is 5.68. The van der Waals surface area contributed by atoms with Gasteiger partial charge in [-0.2, -0.15) is 0 Å². The van der Waals surface area contributed by atoms with E-state index in [9.17, 15) is 4.79 Å². The van der Waals surface area contributed by atoms with Gasteiger partial charge in [-0.1, -0.05) is 18.2 Å². The lowest BCUT2D eigenvalue weighted by Gasteiger charge is -2.31. The molecule has 1 aliphatic heterocycles. The van der Waals surface area contributed by atoms with Crippen LogP contribution in [0.5, 0.6) is 0 Å². The Morgan fingerprint density at radius 1 is 1.14 bits per heavy atom. The highest BCUT2D eigenvalue weighted by molar-refractivity contribution is 7.18. The number of rotatable bonds is 3. The van der Waals surface area contributed by atoms with Crippen LogP contribution in [0, 0.1) is 6.92 Å². The van der Waals surface area contributed by atoms with Crippen LogP contribution in [0.1, 0.15) is 41.7 Å². The van der Waals surface area contributed by atoms with Crippen LogP contribution < -0.4 is 10.5 Å². The Morgan fingerprint density at radius 3 is 2.93 bits per heavy atom. The summed E-state index contributed by atoms with van der Waals surface area (Å²) in [5.74, 6) is 0. The van der Waals surface area contributed by atoms with Gasteiger partial charge >= 0.3 is 0 Å². The molecule has 3 aromatic heterocycles. The van der Waals surface area contributed by atoms with Gasteiger partial charge in [-0.25, -0.2) is 9.97 Å². The number of thiazole rings is 1. The first-order chi connectivity index (χ1) is 13.7. The van der Waals surface area contributed by atoms with Crippen molar-refractivity contribution in [2.45, 2.75) is 38.8 Å². The number of hydrogen-bond donors (Lipinski definition) is 1. The van der Waals surface area contributed by atoms with Crippen LogP contribution >= 0.6 is 11.3 Å². The molecule has 4 heterocycles. The van der Waals surface area contributed by atoms with Crippen LogP contribution in [0.3, 0.4) is 0 Å². The topological polar surface area (TPSA) is 51.7 Å². The summed E-state index contributed by atoms with van der Waals surface area (Å²) in [5.41, 5.74) is 3.62. The van der Waals surface area contributed by atoms with E-state index in [4.69, 9.17) is 9.97 Å². The Kier molecular flexibility index (Phi) is 4.45. The molecule has 0 amide bonds. The van der Waals surface area contributed by atoms with Crippen LogP contribution in [-0.4, -0.2) is 20.9 Å². The number of aryl methyl sites for hydroxylation is 1. The fourth-order valence-electron chi connectivity index (χ4n) is 4.31. The monoisotopic (exact) mass is 391 g/mol. The minimum Gasteiger partial charge on any atom is -0.322 e. The van der Waals surface area contributed by atoms with E-state index in [2.05, 4.69) is 18.2 Å². The molecule has 1 unspecified atom stereocenters. The predicted molar refractivity (Wildman–Crippen MR) is 112 cm³/mol. The fourth-order valence-corrected chi connectivity index (χ4v) is 5.48. The van der Waals surface area contributed by atoms with E-state index >= 15 is 0 Å². The van der Waals surface area contributed by atoms with Gasteiger partial charge in [0, 0.05) is 18.2 Å². The third-order valence-corrected chi connectivity index (χ3v) is 6.83. The van der Waals surface area contributed by atoms with Gasteiger partial charge in [0.2, 0.25) is 0 Å². The molecule has 0 radical (unpaired) electrons. The molecule has 1 N–H and O–H groups in total. The summed E-state index contributed by atoms with van der Waals surface area (Å²) >= 11 is 1.81. The van der Waals surface area contributed by atoms with Crippen molar-refractivity contribution in [3.8, 4) is 0 Å². The summed E-state index contributed by atoms with van der Waals surface area (Å²) in [6, 6.07) is 16.2. The summed E-state index contributed by atoms with van der Waals surface area (Å²) in [7, 11) is 0. The number of pyridine rings is 1. The number of likely N-dealkylation sites (tertiary alicyclic amines) is 1. The van der Waals surface area contributed by atoms with E-state index in [-0.39, 0.29) is 5.56 Å². The zero-order valence-corrected chi connectivity index (χ0v) is 16.7. The number of aromatic nitrogens is 3. The Balaban J connectivity index is 1.49. The van der Waals surface area contributed by atoms with Gasteiger partial charge in [0.1, 0.15) is 23.9 Å². The highest BCUT2D eigenvalue weighted by atomic mass is 32.1. The van der Waals surface area contributed by atoms with Gasteiger partial charge in [-0.3, -0.25) is 9.20 Å². The normalized spacial score (nSPS) is 20.0. The second-order valence-corrected chi connectivity index (χ2v) is 8.66. The molecule has 0 spiro atoms. The standard InChI is InChI=1S/C22H22N4OS/c1-15-7-6-11-20-23-16(13-21(27)26(15)20)14-25-12-5-4-9-18(25)22-24-17-8-2-3-10-19(17)28-22/h2-3,6-8,10-11,13,18H,4-5,9,12,14H2,1H3/p+1/t18-/m0/s1. The van der Waals surface area contributed by atoms with Gasteiger partial charge in [0.05, 0.1) is 16.8 Å². The molecule has 1 fully saturated rings. The molecule has 1 aliphatic rings. The van der Waals surface area contributed by atoms with Gasteiger partial charge in [0.25, 0.3) is 5.56 Å². The number of piperidine rings is 1. The lowest BCUT2D eigenvalue weighted by molar-refractivity contribution is -0.950. The maximum Gasteiger partial charge on any atom is 0.258 e. The van der Waals surface area contributed by atoms with E-state index in [1.807, 2.05) is 42.5 Å². The summed E-state index contributed by atoms with van der Waals surface area (Å²) in [5, 5.41) is 1.21. The largest absolute Gasteiger partial charge is 0.322 e. The van der Waals surface area contributed by atoms with E-state index < -0.39 is 0 Å². The van der Waals surface area contributed by atoms with E-state index in [0.717, 1.165) is 42.1 Å². The molecule has 2 atom stereocenters. The smallest absolute Gasteiger partial charge is 0.258 e. The Morgan fingerprint density at radius 2 is 2.04 bits per heavy atom. The number of hydrogen-bond acceptors (Lipinski definition) is 4. The highest BCUT2D eigenvalue weighted by Crippen LogP contribution is 2.28. The predicted octanol–water partition coefficient (Wildman–Crippen LogP) is 2.92. The molecule has 28 heavy (non-hydrogen) atoms. The average Bonchev–Trinajstić information content (AvgIpc) is 3.12. The van der Waals surface area contributed by atoms with E-state index in [1.54, 1.807) is 10.5 Å². The first-order valence-electron chi connectivity index (χ1n) is 9.87. The number of benzene rings is 1. The van der Waals surface area contributed by atoms with Crippen molar-refractivity contribution in [1.82, 2.24) is 14.4 Å². The zero-order valence-electron chi connectivity index (χ0n) is 15.9. The molecule has 6 heteroatoms. The van der Waals surface area contributed by atoms with E-state index in [0.29, 0.717) is 6.04 Å². The van der Waals surface area contributed by atoms with Crippen molar-refractivity contribution in [3.05, 3.63) is 75.3 Å². The maximum absolute atomic E-state index is 12.6. The Bertz CT molecular complexity index is 1180. The third kappa shape index (κ3) is 3.12. The minimum absolute atomic E-state index is 0.00560. The van der Waals surface area contributed by atoms with E-state index in [1.165, 1.54) is 27.4 Å². The number of quaternary nitrogens is 1. The number of nitrogens with zero attached hydrogens (tertiary/aromatic N) is 3. The molecule has 142 valence electrons. The average molecular weight is 392 g/mol. The summed E-state index contributed by atoms with van der Waals surface area (Å²) in [6.45, 7) is 3.80. The molecule has 0 aliphatic carbocycles. The first-order valence-corrected chi connectivity index (χ1v) is 10.7. The number of fused-ring (bicyclic) bond motifs is 2. The molecule has 4 aromatic rings. The zero-order chi connectivity index (χ0) is 19.1. The molecule has 1 saturated heterocycles. The molecule has 1 aromatic carbocycles. The molecule has 0 saturated carbocycles. The van der Waals surface area contributed by atoms with Crippen LogP contribution in [0.25, 0.3) is 15.9 Å². The summed E-state index contributed by atoms with van der Waals surface area (Å²) < 4.78 is 2.93.